The molecule has 1 aliphatic rings. The van der Waals surface area contributed by atoms with E-state index in [0.29, 0.717) is 35.4 Å². The molecular formula is C23H25N3O5S2. The van der Waals surface area contributed by atoms with Crippen LogP contribution in [0.3, 0.4) is 0 Å². The first-order valence-corrected chi connectivity index (χ1v) is 12.8. The molecule has 0 bridgehead atoms. The predicted molar refractivity (Wildman–Crippen MR) is 128 cm³/mol. The normalized spacial score (nSPS) is 14.6. The largest absolute Gasteiger partial charge is 0.497 e. The highest BCUT2D eigenvalue weighted by atomic mass is 32.2. The topological polar surface area (TPSA) is 97.8 Å². The summed E-state index contributed by atoms with van der Waals surface area (Å²) >= 11 is 1.24. The van der Waals surface area contributed by atoms with Crippen LogP contribution in [0, 0.1) is 0 Å². The monoisotopic (exact) mass is 487 g/mol. The molecule has 1 saturated heterocycles. The van der Waals surface area contributed by atoms with Gasteiger partial charge in [0.25, 0.3) is 5.91 Å². The second-order valence-electron chi connectivity index (χ2n) is 7.52. The van der Waals surface area contributed by atoms with E-state index < -0.39 is 15.9 Å². The lowest BCUT2D eigenvalue weighted by atomic mass is 10.1. The maximum absolute atomic E-state index is 13.2. The molecule has 0 radical (unpaired) electrons. The van der Waals surface area contributed by atoms with Crippen LogP contribution in [0.4, 0.5) is 5.13 Å². The van der Waals surface area contributed by atoms with Crippen LogP contribution < -0.4 is 14.8 Å². The van der Waals surface area contributed by atoms with Crippen LogP contribution in [0.2, 0.25) is 0 Å². The van der Waals surface area contributed by atoms with E-state index in [1.54, 1.807) is 49.9 Å². The SMILES string of the molecule is COc1ccc(OC)c(-c2csc(NC(=O)c3ccccc3S(=O)(=O)N3CCCCC3)n2)c1. The van der Waals surface area contributed by atoms with Crippen molar-refractivity contribution in [1.29, 1.82) is 0 Å². The molecule has 1 fully saturated rings. The van der Waals surface area contributed by atoms with Gasteiger partial charge in [0, 0.05) is 24.0 Å². The second kappa shape index (κ2) is 9.90. The molecule has 0 unspecified atom stereocenters. The summed E-state index contributed by atoms with van der Waals surface area (Å²) in [6.07, 6.45) is 2.66. The van der Waals surface area contributed by atoms with E-state index in [1.165, 1.54) is 27.8 Å². The van der Waals surface area contributed by atoms with E-state index in [9.17, 15) is 13.2 Å². The molecule has 2 heterocycles. The number of amides is 1. The highest BCUT2D eigenvalue weighted by Crippen LogP contribution is 2.35. The third-order valence-corrected chi connectivity index (χ3v) is 8.19. The summed E-state index contributed by atoms with van der Waals surface area (Å²) in [5, 5.41) is 4.89. The average molecular weight is 488 g/mol. The molecule has 3 aromatic rings. The number of ether oxygens (including phenoxy) is 2. The van der Waals surface area contributed by atoms with Crippen LogP contribution in [0.5, 0.6) is 11.5 Å². The van der Waals surface area contributed by atoms with Gasteiger partial charge in [-0.3, -0.25) is 10.1 Å². The Morgan fingerprint density at radius 2 is 1.82 bits per heavy atom. The van der Waals surface area contributed by atoms with Crippen molar-refractivity contribution in [2.45, 2.75) is 24.2 Å². The van der Waals surface area contributed by atoms with Crippen molar-refractivity contribution in [3.05, 3.63) is 53.4 Å². The number of benzene rings is 2. The highest BCUT2D eigenvalue weighted by Gasteiger charge is 2.30. The predicted octanol–water partition coefficient (Wildman–Crippen LogP) is 4.25. The number of piperidine rings is 1. The third kappa shape index (κ3) is 4.87. The molecule has 1 aromatic heterocycles. The lowest BCUT2D eigenvalue weighted by molar-refractivity contribution is 0.102. The number of nitrogens with zero attached hydrogens (tertiary/aromatic N) is 2. The van der Waals surface area contributed by atoms with Crippen molar-refractivity contribution in [2.24, 2.45) is 0 Å². The van der Waals surface area contributed by atoms with Gasteiger partial charge in [-0.2, -0.15) is 4.31 Å². The second-order valence-corrected chi connectivity index (χ2v) is 10.3. The molecule has 0 saturated carbocycles. The van der Waals surface area contributed by atoms with Crippen LogP contribution in [0.25, 0.3) is 11.3 Å². The molecule has 2 aromatic carbocycles. The van der Waals surface area contributed by atoms with Gasteiger partial charge >= 0.3 is 0 Å². The molecule has 174 valence electrons. The first-order chi connectivity index (χ1) is 15.9. The zero-order valence-corrected chi connectivity index (χ0v) is 20.0. The fourth-order valence-corrected chi connectivity index (χ4v) is 6.17. The fourth-order valence-electron chi connectivity index (χ4n) is 3.76. The van der Waals surface area contributed by atoms with E-state index in [4.69, 9.17) is 9.47 Å². The summed E-state index contributed by atoms with van der Waals surface area (Å²) in [4.78, 5) is 17.6. The van der Waals surface area contributed by atoms with Gasteiger partial charge in [-0.15, -0.1) is 11.3 Å². The van der Waals surface area contributed by atoms with Gasteiger partial charge < -0.3 is 9.47 Å². The summed E-state index contributed by atoms with van der Waals surface area (Å²) in [6.45, 7) is 0.937. The fraction of sp³-hybridized carbons (Fsp3) is 0.304. The van der Waals surface area contributed by atoms with E-state index >= 15 is 0 Å². The number of nitrogens with one attached hydrogen (secondary N) is 1. The number of methoxy groups -OCH3 is 2. The van der Waals surface area contributed by atoms with Gasteiger partial charge in [0.05, 0.1) is 30.4 Å². The van der Waals surface area contributed by atoms with E-state index in [-0.39, 0.29) is 10.5 Å². The quantitative estimate of drug-likeness (QED) is 0.535. The lowest BCUT2D eigenvalue weighted by Crippen LogP contribution is -2.36. The molecule has 1 N–H and O–H groups in total. The van der Waals surface area contributed by atoms with Crippen LogP contribution in [-0.2, 0) is 10.0 Å². The number of sulfonamides is 1. The molecule has 4 rings (SSSR count). The summed E-state index contributed by atoms with van der Waals surface area (Å²) in [5.41, 5.74) is 1.43. The van der Waals surface area contributed by atoms with Gasteiger partial charge in [-0.1, -0.05) is 18.6 Å². The minimum Gasteiger partial charge on any atom is -0.497 e. The third-order valence-electron chi connectivity index (χ3n) is 5.47. The maximum atomic E-state index is 13.2. The van der Waals surface area contributed by atoms with Gasteiger partial charge in [0.15, 0.2) is 5.13 Å². The van der Waals surface area contributed by atoms with E-state index in [2.05, 4.69) is 10.3 Å². The van der Waals surface area contributed by atoms with Crippen molar-refractivity contribution in [2.75, 3.05) is 32.6 Å². The molecule has 33 heavy (non-hydrogen) atoms. The number of carbonyl (C=O) groups excluding carboxylic acids is 1. The Morgan fingerprint density at radius 3 is 2.55 bits per heavy atom. The zero-order valence-electron chi connectivity index (χ0n) is 18.4. The van der Waals surface area contributed by atoms with E-state index in [0.717, 1.165) is 24.8 Å². The molecule has 0 atom stereocenters. The Kier molecular flexibility index (Phi) is 6.96. The Labute approximate surface area is 197 Å². The molecule has 0 aliphatic carbocycles. The number of hydrogen-bond acceptors (Lipinski definition) is 7. The summed E-state index contributed by atoms with van der Waals surface area (Å²) < 4.78 is 38.6. The van der Waals surface area contributed by atoms with Gasteiger partial charge in [-0.25, -0.2) is 13.4 Å². The highest BCUT2D eigenvalue weighted by molar-refractivity contribution is 7.89. The lowest BCUT2D eigenvalue weighted by Gasteiger charge is -2.26. The molecular weight excluding hydrogens is 462 g/mol. The molecule has 8 nitrogen and oxygen atoms in total. The number of aromatic nitrogens is 1. The number of carbonyl (C=O) groups is 1. The first-order valence-electron chi connectivity index (χ1n) is 10.5. The van der Waals surface area contributed by atoms with Crippen molar-refractivity contribution in [3.8, 4) is 22.8 Å². The zero-order chi connectivity index (χ0) is 23.4. The Hall–Kier alpha value is -2.95. The Balaban J connectivity index is 1.59. The smallest absolute Gasteiger partial charge is 0.258 e. The molecule has 1 amide bonds. The molecule has 1 aliphatic heterocycles. The summed E-state index contributed by atoms with van der Waals surface area (Å²) in [5.74, 6) is 0.753. The number of thiazole rings is 1. The summed E-state index contributed by atoms with van der Waals surface area (Å²) in [7, 11) is -0.613. The molecule has 0 spiro atoms. The number of rotatable bonds is 7. The summed E-state index contributed by atoms with van der Waals surface area (Å²) in [6, 6.07) is 11.7. The number of hydrogen-bond donors (Lipinski definition) is 1. The Morgan fingerprint density at radius 1 is 1.06 bits per heavy atom. The van der Waals surface area contributed by atoms with Crippen molar-refractivity contribution in [3.63, 3.8) is 0 Å². The Bertz CT molecular complexity index is 1250. The maximum Gasteiger partial charge on any atom is 0.258 e. The number of anilines is 1. The minimum absolute atomic E-state index is 0.00986. The van der Waals surface area contributed by atoms with Crippen molar-refractivity contribution >= 4 is 32.4 Å². The van der Waals surface area contributed by atoms with Crippen LogP contribution in [0.1, 0.15) is 29.6 Å². The van der Waals surface area contributed by atoms with Gasteiger partial charge in [0.2, 0.25) is 10.0 Å². The van der Waals surface area contributed by atoms with Gasteiger partial charge in [0.1, 0.15) is 11.5 Å². The first kappa shape index (κ1) is 23.2. The van der Waals surface area contributed by atoms with Crippen molar-refractivity contribution in [1.82, 2.24) is 9.29 Å². The van der Waals surface area contributed by atoms with Crippen molar-refractivity contribution < 1.29 is 22.7 Å². The standard InChI is InChI=1S/C23H25N3O5S2/c1-30-16-10-11-20(31-2)18(14-16)19-15-32-23(24-19)25-22(27)17-8-4-5-9-21(17)33(28,29)26-12-6-3-7-13-26/h4-5,8-11,14-15H,3,6-7,12-13H2,1-2H3,(H,24,25,27). The average Bonchev–Trinajstić information content (AvgIpc) is 3.32. The minimum atomic E-state index is -3.76. The van der Waals surface area contributed by atoms with Crippen LogP contribution in [-0.4, -0.2) is 50.9 Å². The van der Waals surface area contributed by atoms with Crippen LogP contribution in [0.15, 0.2) is 52.7 Å². The molecule has 10 heteroatoms. The van der Waals surface area contributed by atoms with Gasteiger partial charge in [-0.05, 0) is 43.2 Å². The van der Waals surface area contributed by atoms with E-state index in [1.807, 2.05) is 0 Å². The van der Waals surface area contributed by atoms with Crippen LogP contribution >= 0.6 is 11.3 Å².